The molecule has 1 heterocycles. The minimum atomic E-state index is -0.163. The van der Waals surface area contributed by atoms with Crippen molar-refractivity contribution >= 4 is 16.5 Å². The monoisotopic (exact) mass is 642 g/mol. The van der Waals surface area contributed by atoms with E-state index in [-0.39, 0.29) is 5.41 Å². The largest absolute Gasteiger partial charge is 0.399 e. The van der Waals surface area contributed by atoms with Gasteiger partial charge in [-0.25, -0.2) is 15.0 Å². The van der Waals surface area contributed by atoms with Crippen molar-refractivity contribution in [2.75, 3.05) is 5.73 Å². The third-order valence-electron chi connectivity index (χ3n) is 10.1. The second-order valence-corrected chi connectivity index (χ2v) is 13.5. The summed E-state index contributed by atoms with van der Waals surface area (Å²) in [4.78, 5) is 14.8. The first kappa shape index (κ1) is 29.7. The zero-order valence-corrected chi connectivity index (χ0v) is 27.9. The maximum Gasteiger partial charge on any atom is 0.164 e. The van der Waals surface area contributed by atoms with E-state index in [9.17, 15) is 0 Å². The summed E-state index contributed by atoms with van der Waals surface area (Å²) in [6, 6.07) is 55.2. The van der Waals surface area contributed by atoms with Crippen molar-refractivity contribution in [3.63, 3.8) is 0 Å². The molecular formula is C46H34N4. The molecule has 0 saturated carbocycles. The first-order valence-electron chi connectivity index (χ1n) is 17.0. The molecule has 4 nitrogen and oxygen atoms in total. The Bertz CT molecular complexity index is 2500. The van der Waals surface area contributed by atoms with Crippen LogP contribution in [0.5, 0.6) is 0 Å². The standard InChI is InChI=1S/C46H34N4/c1-46(2)40-27-34(22-25-38(40)39-26-23-35(47)28-41(39)46)42-36-16-10-9-11-29(36)21-24-37(42)30-17-19-33(20-18-30)45-49-43(31-12-5-3-6-13-31)48-44(50-45)32-14-7-4-8-15-32/h3-28H,47H2,1-2H3. The van der Waals surface area contributed by atoms with Crippen LogP contribution >= 0.6 is 0 Å². The summed E-state index contributed by atoms with van der Waals surface area (Å²) < 4.78 is 0. The molecular weight excluding hydrogens is 609 g/mol. The minimum Gasteiger partial charge on any atom is -0.399 e. The zero-order chi connectivity index (χ0) is 33.8. The minimum absolute atomic E-state index is 0.163. The normalized spacial score (nSPS) is 12.8. The Morgan fingerprint density at radius 3 is 1.54 bits per heavy atom. The number of hydrogen-bond acceptors (Lipinski definition) is 4. The van der Waals surface area contributed by atoms with Crippen LogP contribution in [0.3, 0.4) is 0 Å². The molecule has 1 aromatic heterocycles. The zero-order valence-electron chi connectivity index (χ0n) is 27.9. The lowest BCUT2D eigenvalue weighted by atomic mass is 9.80. The fourth-order valence-electron chi connectivity index (χ4n) is 7.47. The van der Waals surface area contributed by atoms with Gasteiger partial charge in [0, 0.05) is 27.8 Å². The lowest BCUT2D eigenvalue weighted by molar-refractivity contribution is 0.661. The Labute approximate surface area is 292 Å². The molecule has 0 spiro atoms. The number of nitrogens with two attached hydrogens (primary N) is 1. The molecule has 9 rings (SSSR count). The van der Waals surface area contributed by atoms with Gasteiger partial charge < -0.3 is 5.73 Å². The number of nitrogens with zero attached hydrogens (tertiary/aromatic N) is 3. The van der Waals surface area contributed by atoms with Crippen LogP contribution in [0.1, 0.15) is 25.0 Å². The van der Waals surface area contributed by atoms with Crippen LogP contribution in [0.25, 0.3) is 78.3 Å². The fraction of sp³-hybridized carbons (Fsp3) is 0.0652. The maximum atomic E-state index is 6.26. The molecule has 0 radical (unpaired) electrons. The van der Waals surface area contributed by atoms with Crippen molar-refractivity contribution in [1.82, 2.24) is 15.0 Å². The van der Waals surface area contributed by atoms with Gasteiger partial charge in [0.15, 0.2) is 17.5 Å². The van der Waals surface area contributed by atoms with Crippen molar-refractivity contribution in [1.29, 1.82) is 0 Å². The fourth-order valence-corrected chi connectivity index (χ4v) is 7.47. The van der Waals surface area contributed by atoms with Gasteiger partial charge in [0.25, 0.3) is 0 Å². The number of fused-ring (bicyclic) bond motifs is 4. The lowest BCUT2D eigenvalue weighted by Gasteiger charge is -2.23. The van der Waals surface area contributed by atoms with Crippen LogP contribution in [0.4, 0.5) is 5.69 Å². The Hall–Kier alpha value is -6.39. The predicted molar refractivity (Wildman–Crippen MR) is 206 cm³/mol. The van der Waals surface area contributed by atoms with Crippen molar-refractivity contribution in [2.24, 2.45) is 0 Å². The number of nitrogen functional groups attached to an aromatic ring is 1. The van der Waals surface area contributed by atoms with Crippen molar-refractivity contribution < 1.29 is 0 Å². The Balaban J connectivity index is 1.17. The van der Waals surface area contributed by atoms with Gasteiger partial charge in [-0.05, 0) is 73.5 Å². The summed E-state index contributed by atoms with van der Waals surface area (Å²) in [5.74, 6) is 1.95. The summed E-state index contributed by atoms with van der Waals surface area (Å²) in [7, 11) is 0. The average Bonchev–Trinajstić information content (AvgIpc) is 3.39. The third kappa shape index (κ3) is 4.96. The van der Waals surface area contributed by atoms with Crippen LogP contribution in [-0.2, 0) is 5.41 Å². The van der Waals surface area contributed by atoms with Crippen molar-refractivity contribution in [3.05, 3.63) is 169 Å². The van der Waals surface area contributed by atoms with Gasteiger partial charge in [0.1, 0.15) is 0 Å². The molecule has 238 valence electrons. The van der Waals surface area contributed by atoms with E-state index >= 15 is 0 Å². The Morgan fingerprint density at radius 1 is 0.420 bits per heavy atom. The number of benzene rings is 7. The van der Waals surface area contributed by atoms with E-state index in [1.807, 2.05) is 66.7 Å². The quantitative estimate of drug-likeness (QED) is 0.190. The molecule has 0 bridgehead atoms. The van der Waals surface area contributed by atoms with E-state index in [1.165, 1.54) is 49.7 Å². The molecule has 0 saturated heterocycles. The summed E-state index contributed by atoms with van der Waals surface area (Å²) in [6.45, 7) is 4.61. The molecule has 0 amide bonds. The molecule has 50 heavy (non-hydrogen) atoms. The number of hydrogen-bond donors (Lipinski definition) is 1. The van der Waals surface area contributed by atoms with Gasteiger partial charge >= 0.3 is 0 Å². The number of anilines is 1. The highest BCUT2D eigenvalue weighted by Crippen LogP contribution is 2.51. The summed E-state index contributed by atoms with van der Waals surface area (Å²) in [6.07, 6.45) is 0. The summed E-state index contributed by atoms with van der Waals surface area (Å²) >= 11 is 0. The molecule has 8 aromatic rings. The van der Waals surface area contributed by atoms with Crippen LogP contribution in [0.15, 0.2) is 158 Å². The molecule has 0 fully saturated rings. The van der Waals surface area contributed by atoms with E-state index in [2.05, 4.69) is 105 Å². The van der Waals surface area contributed by atoms with Gasteiger partial charge in [-0.3, -0.25) is 0 Å². The molecule has 0 aliphatic heterocycles. The molecule has 4 heteroatoms. The average molecular weight is 643 g/mol. The van der Waals surface area contributed by atoms with Crippen LogP contribution < -0.4 is 5.73 Å². The molecule has 2 N–H and O–H groups in total. The second kappa shape index (κ2) is 11.6. The van der Waals surface area contributed by atoms with E-state index in [0.29, 0.717) is 17.5 Å². The SMILES string of the molecule is CC1(C)c2cc(N)ccc2-c2ccc(-c3c(-c4ccc(-c5nc(-c6ccccc6)nc(-c6ccccc6)n5)cc4)ccc4ccccc34)cc21. The summed E-state index contributed by atoms with van der Waals surface area (Å²) in [5, 5.41) is 2.44. The highest BCUT2D eigenvalue weighted by Gasteiger charge is 2.36. The van der Waals surface area contributed by atoms with Gasteiger partial charge in [-0.15, -0.1) is 0 Å². The topological polar surface area (TPSA) is 64.7 Å². The molecule has 1 aliphatic rings. The van der Waals surface area contributed by atoms with Crippen molar-refractivity contribution in [3.8, 4) is 67.5 Å². The van der Waals surface area contributed by atoms with E-state index < -0.39 is 0 Å². The molecule has 0 unspecified atom stereocenters. The smallest absolute Gasteiger partial charge is 0.164 e. The highest BCUT2D eigenvalue weighted by molar-refractivity contribution is 6.05. The van der Waals surface area contributed by atoms with Crippen LogP contribution in [0.2, 0.25) is 0 Å². The first-order valence-corrected chi connectivity index (χ1v) is 17.0. The second-order valence-electron chi connectivity index (χ2n) is 13.5. The Morgan fingerprint density at radius 2 is 0.900 bits per heavy atom. The Kier molecular flexibility index (Phi) is 6.92. The van der Waals surface area contributed by atoms with E-state index in [1.54, 1.807) is 0 Å². The molecule has 0 atom stereocenters. The highest BCUT2D eigenvalue weighted by atomic mass is 15.0. The van der Waals surface area contributed by atoms with Crippen LogP contribution in [-0.4, -0.2) is 15.0 Å². The third-order valence-corrected chi connectivity index (χ3v) is 10.1. The molecule has 7 aromatic carbocycles. The number of aromatic nitrogens is 3. The van der Waals surface area contributed by atoms with Gasteiger partial charge in [0.05, 0.1) is 0 Å². The lowest BCUT2D eigenvalue weighted by Crippen LogP contribution is -2.15. The van der Waals surface area contributed by atoms with Crippen molar-refractivity contribution in [2.45, 2.75) is 19.3 Å². The van der Waals surface area contributed by atoms with Gasteiger partial charge in [-0.1, -0.05) is 153 Å². The predicted octanol–water partition coefficient (Wildman–Crippen LogP) is 11.2. The summed E-state index contributed by atoms with van der Waals surface area (Å²) in [5.41, 5.74) is 19.6. The van der Waals surface area contributed by atoms with Crippen LogP contribution in [0, 0.1) is 0 Å². The van der Waals surface area contributed by atoms with Gasteiger partial charge in [0.2, 0.25) is 0 Å². The number of rotatable bonds is 5. The molecule has 1 aliphatic carbocycles. The maximum absolute atomic E-state index is 6.26. The first-order chi connectivity index (χ1) is 24.4. The van der Waals surface area contributed by atoms with E-state index in [0.717, 1.165) is 27.9 Å². The van der Waals surface area contributed by atoms with E-state index in [4.69, 9.17) is 20.7 Å². The van der Waals surface area contributed by atoms with Gasteiger partial charge in [-0.2, -0.15) is 0 Å².